The zero-order valence-electron chi connectivity index (χ0n) is 12.6. The number of phenols is 1. The molecule has 5 nitrogen and oxygen atoms in total. The molecule has 0 saturated carbocycles. The number of ether oxygens (including phenoxy) is 1. The van der Waals surface area contributed by atoms with Gasteiger partial charge in [0.25, 0.3) is 5.91 Å². The third-order valence-corrected chi connectivity index (χ3v) is 4.65. The van der Waals surface area contributed by atoms with Gasteiger partial charge in [-0.05, 0) is 59.8 Å². The smallest absolute Gasteiger partial charge is 0.264 e. The first-order chi connectivity index (χ1) is 11.5. The van der Waals surface area contributed by atoms with Crippen LogP contribution in [0.15, 0.2) is 56.8 Å². The molecule has 3 rings (SSSR count). The normalized spacial score (nSPS) is 17.3. The number of aliphatic imine (C=N–C) groups is 1. The van der Waals surface area contributed by atoms with Gasteiger partial charge < -0.3 is 15.2 Å². The molecule has 0 aromatic heterocycles. The minimum Gasteiger partial charge on any atom is -0.504 e. The number of amides is 1. The number of hydrogen-bond acceptors (Lipinski definition) is 5. The second-order valence-corrected chi connectivity index (χ2v) is 6.84. The van der Waals surface area contributed by atoms with Gasteiger partial charge in [0.05, 0.1) is 17.7 Å². The second-order valence-electron chi connectivity index (χ2n) is 4.89. The van der Waals surface area contributed by atoms with Gasteiger partial charge in [-0.2, -0.15) is 0 Å². The molecule has 0 bridgehead atoms. The van der Waals surface area contributed by atoms with E-state index in [1.165, 1.54) is 24.9 Å². The Bertz CT molecular complexity index is 847. The minimum atomic E-state index is -0.206. The molecule has 24 heavy (non-hydrogen) atoms. The maximum atomic E-state index is 12.1. The molecule has 1 amide bonds. The molecular weight excluding hydrogens is 392 g/mol. The number of carbonyl (C=O) groups is 1. The van der Waals surface area contributed by atoms with Crippen LogP contribution in [0.5, 0.6) is 11.5 Å². The van der Waals surface area contributed by atoms with Crippen molar-refractivity contribution >= 4 is 50.5 Å². The van der Waals surface area contributed by atoms with Crippen LogP contribution in [0.4, 0.5) is 5.69 Å². The second kappa shape index (κ2) is 7.11. The first-order valence-electron chi connectivity index (χ1n) is 6.97. The molecule has 122 valence electrons. The highest BCUT2D eigenvalue weighted by atomic mass is 79.9. The summed E-state index contributed by atoms with van der Waals surface area (Å²) in [7, 11) is 1.48. The predicted octanol–water partition coefficient (Wildman–Crippen LogP) is 4.05. The van der Waals surface area contributed by atoms with Crippen molar-refractivity contribution < 1.29 is 14.6 Å². The Hall–Kier alpha value is -2.25. The van der Waals surface area contributed by atoms with Gasteiger partial charge in [0.2, 0.25) is 0 Å². The molecule has 2 N–H and O–H groups in total. The highest BCUT2D eigenvalue weighted by Crippen LogP contribution is 2.31. The van der Waals surface area contributed by atoms with E-state index in [0.717, 1.165) is 15.7 Å². The van der Waals surface area contributed by atoms with Crippen molar-refractivity contribution in [2.45, 2.75) is 0 Å². The molecule has 7 heteroatoms. The summed E-state index contributed by atoms with van der Waals surface area (Å²) in [6, 6.07) is 12.4. The fourth-order valence-electron chi connectivity index (χ4n) is 2.05. The van der Waals surface area contributed by atoms with Crippen molar-refractivity contribution in [3.8, 4) is 11.5 Å². The molecule has 2 aromatic carbocycles. The van der Waals surface area contributed by atoms with Gasteiger partial charge >= 0.3 is 0 Å². The molecule has 1 heterocycles. The molecule has 0 aliphatic carbocycles. The van der Waals surface area contributed by atoms with E-state index in [1.807, 2.05) is 24.3 Å². The van der Waals surface area contributed by atoms with E-state index >= 15 is 0 Å². The lowest BCUT2D eigenvalue weighted by Crippen LogP contribution is -2.19. The minimum absolute atomic E-state index is 0.0562. The van der Waals surface area contributed by atoms with Crippen LogP contribution < -0.4 is 10.1 Å². The Morgan fingerprint density at radius 3 is 2.71 bits per heavy atom. The quantitative estimate of drug-likeness (QED) is 0.756. The Labute approximate surface area is 151 Å². The number of methoxy groups -OCH3 is 1. The largest absolute Gasteiger partial charge is 0.504 e. The average molecular weight is 405 g/mol. The first-order valence-corrected chi connectivity index (χ1v) is 8.58. The third-order valence-electron chi connectivity index (χ3n) is 3.21. The summed E-state index contributed by atoms with van der Waals surface area (Å²) >= 11 is 4.64. The van der Waals surface area contributed by atoms with E-state index in [9.17, 15) is 9.90 Å². The van der Waals surface area contributed by atoms with Gasteiger partial charge in [-0.1, -0.05) is 22.0 Å². The van der Waals surface area contributed by atoms with Crippen molar-refractivity contribution in [1.82, 2.24) is 5.32 Å². The maximum absolute atomic E-state index is 12.1. The summed E-state index contributed by atoms with van der Waals surface area (Å²) in [6.07, 6.45) is 1.73. The molecule has 0 unspecified atom stereocenters. The number of nitrogens with one attached hydrogen (secondary N) is 1. The van der Waals surface area contributed by atoms with Crippen LogP contribution in [0.1, 0.15) is 5.56 Å². The Kier molecular flexibility index (Phi) is 4.92. The van der Waals surface area contributed by atoms with Crippen molar-refractivity contribution in [1.29, 1.82) is 0 Å². The van der Waals surface area contributed by atoms with Gasteiger partial charge in [-0.3, -0.25) is 4.79 Å². The zero-order valence-corrected chi connectivity index (χ0v) is 15.0. The molecular formula is C17H13BrN2O3S. The lowest BCUT2D eigenvalue weighted by Gasteiger charge is -2.03. The first kappa shape index (κ1) is 16.6. The van der Waals surface area contributed by atoms with Gasteiger partial charge in [-0.25, -0.2) is 4.99 Å². The summed E-state index contributed by atoms with van der Waals surface area (Å²) < 4.78 is 6.04. The highest BCUT2D eigenvalue weighted by Gasteiger charge is 2.23. The van der Waals surface area contributed by atoms with Gasteiger partial charge in [-0.15, -0.1) is 0 Å². The van der Waals surface area contributed by atoms with Crippen LogP contribution in [0.3, 0.4) is 0 Å². The number of aromatic hydroxyl groups is 1. The van der Waals surface area contributed by atoms with E-state index in [2.05, 4.69) is 26.2 Å². The number of nitrogens with zero attached hydrogens (tertiary/aromatic N) is 1. The van der Waals surface area contributed by atoms with E-state index in [0.29, 0.717) is 15.8 Å². The monoisotopic (exact) mass is 404 g/mol. The van der Waals surface area contributed by atoms with Crippen molar-refractivity contribution in [3.05, 3.63) is 57.4 Å². The topological polar surface area (TPSA) is 70.9 Å². The summed E-state index contributed by atoms with van der Waals surface area (Å²) in [5, 5.41) is 12.9. The maximum Gasteiger partial charge on any atom is 0.264 e. The van der Waals surface area contributed by atoms with Gasteiger partial charge in [0.1, 0.15) is 0 Å². The van der Waals surface area contributed by atoms with Gasteiger partial charge in [0.15, 0.2) is 16.7 Å². The Morgan fingerprint density at radius 2 is 2.00 bits per heavy atom. The van der Waals surface area contributed by atoms with Crippen molar-refractivity contribution in [2.75, 3.05) is 7.11 Å². The summed E-state index contributed by atoms with van der Waals surface area (Å²) in [5.74, 6) is 0.208. The van der Waals surface area contributed by atoms with E-state index < -0.39 is 0 Å². The van der Waals surface area contributed by atoms with Gasteiger partial charge in [0, 0.05) is 4.47 Å². The number of hydrogen-bond donors (Lipinski definition) is 2. The highest BCUT2D eigenvalue weighted by molar-refractivity contribution is 9.10. The van der Waals surface area contributed by atoms with Crippen LogP contribution in [-0.2, 0) is 4.79 Å². The number of thioether (sulfide) groups is 1. The molecule has 2 aromatic rings. The van der Waals surface area contributed by atoms with Crippen LogP contribution in [0, 0.1) is 0 Å². The molecule has 1 aliphatic rings. The summed E-state index contributed by atoms with van der Waals surface area (Å²) in [4.78, 5) is 17.0. The van der Waals surface area contributed by atoms with E-state index in [1.54, 1.807) is 18.2 Å². The summed E-state index contributed by atoms with van der Waals surface area (Å²) in [6.45, 7) is 0. The molecule has 1 fully saturated rings. The average Bonchev–Trinajstić information content (AvgIpc) is 2.91. The van der Waals surface area contributed by atoms with Crippen LogP contribution in [0.25, 0.3) is 6.08 Å². The van der Waals surface area contributed by atoms with E-state index in [4.69, 9.17) is 4.74 Å². The molecule has 1 aliphatic heterocycles. The van der Waals surface area contributed by atoms with Crippen molar-refractivity contribution in [3.63, 3.8) is 0 Å². The molecule has 0 spiro atoms. The number of rotatable bonds is 3. The number of amidine groups is 1. The fourth-order valence-corrected chi connectivity index (χ4v) is 3.15. The Balaban J connectivity index is 1.83. The van der Waals surface area contributed by atoms with Crippen LogP contribution >= 0.6 is 27.7 Å². The van der Waals surface area contributed by atoms with Crippen molar-refractivity contribution in [2.24, 2.45) is 4.99 Å². The number of halogens is 1. The number of benzene rings is 2. The molecule has 0 atom stereocenters. The molecule has 0 radical (unpaired) electrons. The zero-order chi connectivity index (χ0) is 17.1. The summed E-state index contributed by atoms with van der Waals surface area (Å²) in [5.41, 5.74) is 1.51. The predicted molar refractivity (Wildman–Crippen MR) is 99.6 cm³/mol. The number of carbonyl (C=O) groups excluding carboxylic acids is 1. The van der Waals surface area contributed by atoms with Crippen LogP contribution in [0.2, 0.25) is 0 Å². The Morgan fingerprint density at radius 1 is 1.25 bits per heavy atom. The lowest BCUT2D eigenvalue weighted by atomic mass is 10.2. The third kappa shape index (κ3) is 3.80. The fraction of sp³-hybridized carbons (Fsp3) is 0.0588. The molecule has 1 saturated heterocycles. The van der Waals surface area contributed by atoms with Crippen LogP contribution in [-0.4, -0.2) is 23.3 Å². The number of phenolic OH excluding ortho intramolecular Hbond substituents is 1. The standard InChI is InChI=1S/C17H13BrN2O3S/c1-23-14-8-10(2-7-13(14)21)9-15-16(22)20-17(24-15)19-12-5-3-11(18)4-6-12/h2-9,21H,1H3,(H,19,20,22)/b15-9+. The SMILES string of the molecule is COc1cc(/C=C2/SC(=Nc3ccc(Br)cc3)NC2=O)ccc1O. The van der Waals surface area contributed by atoms with E-state index in [-0.39, 0.29) is 11.7 Å². The lowest BCUT2D eigenvalue weighted by molar-refractivity contribution is -0.115.